The van der Waals surface area contributed by atoms with Gasteiger partial charge in [-0.1, -0.05) is 40.9 Å². The topological polar surface area (TPSA) is 26.0 Å². The highest BCUT2D eigenvalue weighted by atomic mass is 79.9. The predicted octanol–water partition coefficient (Wildman–Crippen LogP) is 4.72. The summed E-state index contributed by atoms with van der Waals surface area (Å²) in [6.07, 6.45) is 7.09. The molecular formula is C14H19BrFN. The predicted molar refractivity (Wildman–Crippen MR) is 74.3 cm³/mol. The lowest BCUT2D eigenvalue weighted by atomic mass is 10.0. The number of rotatable bonds is 7. The molecule has 0 saturated heterocycles. The van der Waals surface area contributed by atoms with Crippen LogP contribution in [0.3, 0.4) is 0 Å². The van der Waals surface area contributed by atoms with Gasteiger partial charge in [0.1, 0.15) is 5.82 Å². The van der Waals surface area contributed by atoms with E-state index >= 15 is 0 Å². The van der Waals surface area contributed by atoms with Crippen LogP contribution in [0, 0.1) is 5.82 Å². The summed E-state index contributed by atoms with van der Waals surface area (Å²) in [6.45, 7) is 3.68. The molecule has 1 aromatic carbocycles. The number of hydrogen-bond acceptors (Lipinski definition) is 1. The molecule has 0 spiro atoms. The Hall–Kier alpha value is -0.670. The molecule has 0 aliphatic heterocycles. The molecular weight excluding hydrogens is 281 g/mol. The van der Waals surface area contributed by atoms with Gasteiger partial charge in [-0.25, -0.2) is 4.39 Å². The Labute approximate surface area is 111 Å². The largest absolute Gasteiger partial charge is 0.324 e. The molecule has 0 aliphatic rings. The van der Waals surface area contributed by atoms with E-state index in [0.29, 0.717) is 5.56 Å². The van der Waals surface area contributed by atoms with Crippen molar-refractivity contribution in [2.45, 2.75) is 38.1 Å². The number of halogens is 2. The summed E-state index contributed by atoms with van der Waals surface area (Å²) in [6, 6.07) is 4.85. The van der Waals surface area contributed by atoms with Gasteiger partial charge in [0.05, 0.1) is 0 Å². The summed E-state index contributed by atoms with van der Waals surface area (Å²) in [5.41, 5.74) is 6.59. The fourth-order valence-corrected chi connectivity index (χ4v) is 2.12. The van der Waals surface area contributed by atoms with E-state index in [4.69, 9.17) is 5.73 Å². The van der Waals surface area contributed by atoms with Crippen LogP contribution >= 0.6 is 15.9 Å². The van der Waals surface area contributed by atoms with Crippen molar-refractivity contribution < 1.29 is 4.39 Å². The maximum atomic E-state index is 13.6. The summed E-state index contributed by atoms with van der Waals surface area (Å²) in [5, 5.41) is 0. The fourth-order valence-electron chi connectivity index (χ4n) is 1.79. The Morgan fingerprint density at radius 3 is 2.76 bits per heavy atom. The van der Waals surface area contributed by atoms with Crippen LogP contribution in [0.15, 0.2) is 35.3 Å². The molecule has 2 N–H and O–H groups in total. The third-order valence-electron chi connectivity index (χ3n) is 2.79. The molecule has 1 unspecified atom stereocenters. The first-order valence-corrected chi connectivity index (χ1v) is 6.76. The van der Waals surface area contributed by atoms with Crippen molar-refractivity contribution in [3.8, 4) is 0 Å². The van der Waals surface area contributed by atoms with E-state index < -0.39 is 0 Å². The monoisotopic (exact) mass is 299 g/mol. The van der Waals surface area contributed by atoms with Crippen LogP contribution in [-0.4, -0.2) is 0 Å². The van der Waals surface area contributed by atoms with Gasteiger partial charge < -0.3 is 5.73 Å². The highest BCUT2D eigenvalue weighted by Gasteiger charge is 2.11. The van der Waals surface area contributed by atoms with E-state index in [-0.39, 0.29) is 11.9 Å². The van der Waals surface area contributed by atoms with Gasteiger partial charge in [-0.3, -0.25) is 0 Å². The summed E-state index contributed by atoms with van der Waals surface area (Å²) >= 11 is 3.24. The van der Waals surface area contributed by atoms with Crippen molar-refractivity contribution in [2.75, 3.05) is 0 Å². The minimum atomic E-state index is -0.224. The van der Waals surface area contributed by atoms with Crippen molar-refractivity contribution in [3.05, 3.63) is 46.7 Å². The normalized spacial score (nSPS) is 12.4. The Kier molecular flexibility index (Phi) is 6.45. The Bertz CT molecular complexity index is 365. The van der Waals surface area contributed by atoms with Gasteiger partial charge in [0.25, 0.3) is 0 Å². The van der Waals surface area contributed by atoms with Gasteiger partial charge in [-0.15, -0.1) is 6.58 Å². The molecule has 1 aromatic rings. The third-order valence-corrected chi connectivity index (χ3v) is 3.28. The van der Waals surface area contributed by atoms with Gasteiger partial charge in [0.2, 0.25) is 0 Å². The summed E-state index contributed by atoms with van der Waals surface area (Å²) in [7, 11) is 0. The number of unbranched alkanes of at least 4 members (excludes halogenated alkanes) is 3. The maximum absolute atomic E-state index is 13.6. The molecule has 0 aliphatic carbocycles. The van der Waals surface area contributed by atoms with Crippen LogP contribution in [0.4, 0.5) is 4.39 Å². The maximum Gasteiger partial charge on any atom is 0.129 e. The van der Waals surface area contributed by atoms with Crippen LogP contribution in [0.1, 0.15) is 43.7 Å². The summed E-state index contributed by atoms with van der Waals surface area (Å²) < 4.78 is 14.4. The van der Waals surface area contributed by atoms with Crippen molar-refractivity contribution in [1.82, 2.24) is 0 Å². The van der Waals surface area contributed by atoms with Crippen molar-refractivity contribution >= 4 is 15.9 Å². The molecule has 1 nitrogen and oxygen atoms in total. The lowest BCUT2D eigenvalue weighted by Gasteiger charge is -2.13. The van der Waals surface area contributed by atoms with Gasteiger partial charge in [-0.05, 0) is 31.4 Å². The molecule has 0 saturated carbocycles. The SMILES string of the molecule is C=CCCCCCC(N)c1ccc(Br)cc1F. The third kappa shape index (κ3) is 5.00. The second kappa shape index (κ2) is 7.62. The first-order valence-electron chi connectivity index (χ1n) is 5.96. The van der Waals surface area contributed by atoms with E-state index in [0.717, 1.165) is 36.6 Å². The number of allylic oxidation sites excluding steroid dienone is 1. The van der Waals surface area contributed by atoms with E-state index in [1.54, 1.807) is 6.07 Å². The van der Waals surface area contributed by atoms with Crippen LogP contribution in [0.25, 0.3) is 0 Å². The molecule has 1 atom stereocenters. The van der Waals surface area contributed by atoms with Gasteiger partial charge >= 0.3 is 0 Å². The van der Waals surface area contributed by atoms with E-state index in [9.17, 15) is 4.39 Å². The minimum Gasteiger partial charge on any atom is -0.324 e. The van der Waals surface area contributed by atoms with Crippen molar-refractivity contribution in [3.63, 3.8) is 0 Å². The molecule has 0 amide bonds. The average Bonchev–Trinajstić information content (AvgIpc) is 2.28. The number of benzene rings is 1. The smallest absolute Gasteiger partial charge is 0.129 e. The summed E-state index contributed by atoms with van der Waals surface area (Å²) in [5.74, 6) is -0.224. The lowest BCUT2D eigenvalue weighted by molar-refractivity contribution is 0.534. The zero-order valence-electron chi connectivity index (χ0n) is 9.96. The average molecular weight is 300 g/mol. The van der Waals surface area contributed by atoms with E-state index in [1.807, 2.05) is 12.1 Å². The molecule has 0 aromatic heterocycles. The van der Waals surface area contributed by atoms with Gasteiger partial charge in [-0.2, -0.15) is 0 Å². The quantitative estimate of drug-likeness (QED) is 0.572. The van der Waals surface area contributed by atoms with Gasteiger partial charge in [0.15, 0.2) is 0 Å². The molecule has 0 bridgehead atoms. The second-order valence-corrected chi connectivity index (χ2v) is 5.11. The summed E-state index contributed by atoms with van der Waals surface area (Å²) in [4.78, 5) is 0. The van der Waals surface area contributed by atoms with Crippen LogP contribution in [0.2, 0.25) is 0 Å². The zero-order valence-corrected chi connectivity index (χ0v) is 11.5. The fraction of sp³-hybridized carbons (Fsp3) is 0.429. The zero-order chi connectivity index (χ0) is 12.7. The van der Waals surface area contributed by atoms with Crippen LogP contribution < -0.4 is 5.73 Å². The number of hydrogen-bond donors (Lipinski definition) is 1. The highest BCUT2D eigenvalue weighted by Crippen LogP contribution is 2.23. The Morgan fingerprint density at radius 2 is 2.12 bits per heavy atom. The second-order valence-electron chi connectivity index (χ2n) is 4.20. The van der Waals surface area contributed by atoms with Gasteiger partial charge in [0, 0.05) is 16.1 Å². The molecule has 1 rings (SSSR count). The Morgan fingerprint density at radius 1 is 1.35 bits per heavy atom. The molecule has 0 radical (unpaired) electrons. The standard InChI is InChI=1S/C14H19BrFN/c1-2-3-4-5-6-7-14(17)12-9-8-11(15)10-13(12)16/h2,8-10,14H,1,3-7,17H2. The van der Waals surface area contributed by atoms with Crippen LogP contribution in [0.5, 0.6) is 0 Å². The first kappa shape index (κ1) is 14.4. The molecule has 94 valence electrons. The van der Waals surface area contributed by atoms with Crippen molar-refractivity contribution in [2.24, 2.45) is 5.73 Å². The first-order chi connectivity index (χ1) is 8.15. The molecule has 3 heteroatoms. The van der Waals surface area contributed by atoms with Crippen molar-refractivity contribution in [1.29, 1.82) is 0 Å². The molecule has 0 fully saturated rings. The minimum absolute atomic E-state index is 0.202. The lowest BCUT2D eigenvalue weighted by Crippen LogP contribution is -2.12. The van der Waals surface area contributed by atoms with E-state index in [2.05, 4.69) is 22.5 Å². The highest BCUT2D eigenvalue weighted by molar-refractivity contribution is 9.10. The Balaban J connectivity index is 2.41. The molecule has 17 heavy (non-hydrogen) atoms. The van der Waals surface area contributed by atoms with E-state index in [1.165, 1.54) is 6.07 Å². The molecule has 0 heterocycles. The number of nitrogens with two attached hydrogens (primary N) is 1. The van der Waals surface area contributed by atoms with Crippen LogP contribution in [-0.2, 0) is 0 Å².